The highest BCUT2D eigenvalue weighted by Gasteiger charge is 2.25. The topological polar surface area (TPSA) is 38.2 Å². The summed E-state index contributed by atoms with van der Waals surface area (Å²) in [6, 6.07) is 30.8. The minimum absolute atomic E-state index is 0.664. The number of anilines is 2. The van der Waals surface area contributed by atoms with Gasteiger partial charge < -0.3 is 9.64 Å². The molecule has 0 unspecified atom stereocenters. The van der Waals surface area contributed by atoms with Crippen LogP contribution in [0.25, 0.3) is 33.3 Å². The van der Waals surface area contributed by atoms with Crippen molar-refractivity contribution in [2.24, 2.45) is 0 Å². The number of rotatable bonds is 5. The maximum atomic E-state index is 6.09. The molecule has 172 valence electrons. The Balaban J connectivity index is 1.53. The van der Waals surface area contributed by atoms with Crippen LogP contribution in [0.4, 0.5) is 11.4 Å². The van der Waals surface area contributed by atoms with Gasteiger partial charge in [-0.3, -0.25) is 4.98 Å². The fourth-order valence-corrected chi connectivity index (χ4v) is 4.63. The van der Waals surface area contributed by atoms with Crippen LogP contribution in [0.1, 0.15) is 0 Å². The van der Waals surface area contributed by atoms with Gasteiger partial charge in [-0.05, 0) is 59.7 Å². The van der Waals surface area contributed by atoms with Gasteiger partial charge in [0.15, 0.2) is 11.5 Å². The molecule has 6 rings (SSSR count). The first-order valence-electron chi connectivity index (χ1n) is 11.7. The summed E-state index contributed by atoms with van der Waals surface area (Å²) in [5.74, 6) is 1.43. The molecule has 0 saturated carbocycles. The highest BCUT2D eigenvalue weighted by Crippen LogP contribution is 2.43. The SMILES string of the molecule is C=CC1=C(C=C)N(c2cccc(-c3cc(-c4ccccc4)c4cnccc4n3)c2)c2ccccc2O1. The zero-order valence-corrected chi connectivity index (χ0v) is 19.6. The Morgan fingerprint density at radius 2 is 1.58 bits per heavy atom. The Hall–Kier alpha value is -4.96. The summed E-state index contributed by atoms with van der Waals surface area (Å²) >= 11 is 0. The van der Waals surface area contributed by atoms with Crippen LogP contribution in [-0.2, 0) is 0 Å². The molecule has 0 fully saturated rings. The second kappa shape index (κ2) is 9.01. The zero-order valence-electron chi connectivity index (χ0n) is 19.6. The van der Waals surface area contributed by atoms with E-state index in [0.717, 1.165) is 56.1 Å². The third-order valence-electron chi connectivity index (χ3n) is 6.29. The van der Waals surface area contributed by atoms with Crippen LogP contribution in [0.2, 0.25) is 0 Å². The number of para-hydroxylation sites is 2. The molecule has 0 radical (unpaired) electrons. The number of fused-ring (bicyclic) bond motifs is 2. The molecule has 2 aromatic heterocycles. The van der Waals surface area contributed by atoms with Crippen LogP contribution in [0.3, 0.4) is 0 Å². The molecule has 0 atom stereocenters. The fourth-order valence-electron chi connectivity index (χ4n) is 4.63. The van der Waals surface area contributed by atoms with E-state index >= 15 is 0 Å². The zero-order chi connectivity index (χ0) is 24.5. The second-order valence-electron chi connectivity index (χ2n) is 8.43. The predicted molar refractivity (Wildman–Crippen MR) is 147 cm³/mol. The minimum atomic E-state index is 0.664. The average Bonchev–Trinajstić information content (AvgIpc) is 2.96. The lowest BCUT2D eigenvalue weighted by molar-refractivity contribution is 0.431. The van der Waals surface area contributed by atoms with Gasteiger partial charge in [-0.25, -0.2) is 4.98 Å². The molecule has 0 bridgehead atoms. The van der Waals surface area contributed by atoms with E-state index in [1.165, 1.54) is 0 Å². The van der Waals surface area contributed by atoms with Crippen molar-refractivity contribution in [1.29, 1.82) is 0 Å². The van der Waals surface area contributed by atoms with Crippen LogP contribution in [-0.4, -0.2) is 9.97 Å². The highest BCUT2D eigenvalue weighted by atomic mass is 16.5. The van der Waals surface area contributed by atoms with Crippen molar-refractivity contribution in [3.8, 4) is 28.1 Å². The van der Waals surface area contributed by atoms with Crippen molar-refractivity contribution in [3.63, 3.8) is 0 Å². The van der Waals surface area contributed by atoms with Gasteiger partial charge in [0.2, 0.25) is 0 Å². The fraction of sp³-hybridized carbons (Fsp3) is 0. The number of benzene rings is 3. The summed E-state index contributed by atoms with van der Waals surface area (Å²) in [5, 5.41) is 1.03. The van der Waals surface area contributed by atoms with E-state index in [9.17, 15) is 0 Å². The van der Waals surface area contributed by atoms with Crippen molar-refractivity contribution in [2.45, 2.75) is 0 Å². The van der Waals surface area contributed by atoms with Crippen LogP contribution in [0, 0.1) is 0 Å². The quantitative estimate of drug-likeness (QED) is 0.263. The molecular formula is C32H23N3O. The molecule has 4 nitrogen and oxygen atoms in total. The van der Waals surface area contributed by atoms with Gasteiger partial charge in [0.05, 0.1) is 22.6 Å². The van der Waals surface area contributed by atoms with Gasteiger partial charge >= 0.3 is 0 Å². The first-order valence-corrected chi connectivity index (χ1v) is 11.7. The molecule has 5 aromatic rings. The number of aromatic nitrogens is 2. The summed E-state index contributed by atoms with van der Waals surface area (Å²) in [6.45, 7) is 7.99. The third-order valence-corrected chi connectivity index (χ3v) is 6.29. The molecule has 0 saturated heterocycles. The number of ether oxygens (including phenoxy) is 1. The van der Waals surface area contributed by atoms with Crippen molar-refractivity contribution in [2.75, 3.05) is 4.90 Å². The molecule has 36 heavy (non-hydrogen) atoms. The standard InChI is InChI=1S/C32H23N3O/c1-3-29-31(4-2)36-32-16-9-8-15-30(32)35(29)24-14-10-13-23(19-24)28-20-25(22-11-6-5-7-12-22)26-21-33-18-17-27(26)34-28/h3-21H,1-2H2. The number of pyridine rings is 2. The van der Waals surface area contributed by atoms with Gasteiger partial charge in [0.25, 0.3) is 0 Å². The van der Waals surface area contributed by atoms with Gasteiger partial charge in [-0.1, -0.05) is 67.8 Å². The van der Waals surface area contributed by atoms with Crippen molar-refractivity contribution in [3.05, 3.63) is 140 Å². The first kappa shape index (κ1) is 21.6. The van der Waals surface area contributed by atoms with Crippen molar-refractivity contribution < 1.29 is 4.74 Å². The normalized spacial score (nSPS) is 12.7. The maximum Gasteiger partial charge on any atom is 0.151 e. The third kappa shape index (κ3) is 3.65. The van der Waals surface area contributed by atoms with E-state index in [0.29, 0.717) is 5.76 Å². The van der Waals surface area contributed by atoms with E-state index in [1.807, 2.05) is 42.6 Å². The summed E-state index contributed by atoms with van der Waals surface area (Å²) in [6.07, 6.45) is 7.18. The largest absolute Gasteiger partial charge is 0.453 e. The Labute approximate surface area is 210 Å². The smallest absolute Gasteiger partial charge is 0.151 e. The van der Waals surface area contributed by atoms with E-state index in [-0.39, 0.29) is 0 Å². The minimum Gasteiger partial charge on any atom is -0.453 e. The summed E-state index contributed by atoms with van der Waals surface area (Å²) in [7, 11) is 0. The molecule has 3 aromatic carbocycles. The molecule has 4 heteroatoms. The van der Waals surface area contributed by atoms with E-state index < -0.39 is 0 Å². The molecule has 1 aliphatic heterocycles. The Kier molecular flexibility index (Phi) is 5.39. The molecule has 0 aliphatic carbocycles. The van der Waals surface area contributed by atoms with Crippen molar-refractivity contribution in [1.82, 2.24) is 9.97 Å². The van der Waals surface area contributed by atoms with Gasteiger partial charge in [0, 0.05) is 29.0 Å². The maximum absolute atomic E-state index is 6.09. The molecule has 3 heterocycles. The molecule has 1 aliphatic rings. The first-order chi connectivity index (χ1) is 17.8. The molecule has 0 amide bonds. The number of nitrogens with zero attached hydrogens (tertiary/aromatic N) is 3. The summed E-state index contributed by atoms with van der Waals surface area (Å²) in [5.41, 5.74) is 7.80. The van der Waals surface area contributed by atoms with Gasteiger partial charge in [0.1, 0.15) is 0 Å². The van der Waals surface area contributed by atoms with E-state index in [1.54, 1.807) is 18.3 Å². The highest BCUT2D eigenvalue weighted by molar-refractivity contribution is 5.96. The predicted octanol–water partition coefficient (Wildman–Crippen LogP) is 8.08. The Morgan fingerprint density at radius 1 is 0.778 bits per heavy atom. The Morgan fingerprint density at radius 3 is 2.42 bits per heavy atom. The van der Waals surface area contributed by atoms with Gasteiger partial charge in [-0.2, -0.15) is 0 Å². The Bertz CT molecular complexity index is 1650. The van der Waals surface area contributed by atoms with E-state index in [4.69, 9.17) is 9.72 Å². The molecular weight excluding hydrogens is 442 g/mol. The summed E-state index contributed by atoms with van der Waals surface area (Å²) < 4.78 is 6.09. The second-order valence-corrected chi connectivity index (χ2v) is 8.43. The van der Waals surface area contributed by atoms with Crippen LogP contribution < -0.4 is 9.64 Å². The van der Waals surface area contributed by atoms with Crippen LogP contribution in [0.5, 0.6) is 5.75 Å². The molecule has 0 spiro atoms. The average molecular weight is 466 g/mol. The number of hydrogen-bond acceptors (Lipinski definition) is 4. The summed E-state index contributed by atoms with van der Waals surface area (Å²) in [4.78, 5) is 11.5. The van der Waals surface area contributed by atoms with Crippen LogP contribution in [0.15, 0.2) is 140 Å². The van der Waals surface area contributed by atoms with Crippen molar-refractivity contribution >= 4 is 22.3 Å². The monoisotopic (exact) mass is 465 g/mol. The number of hydrogen-bond donors (Lipinski definition) is 0. The lowest BCUT2D eigenvalue weighted by Crippen LogP contribution is -2.23. The number of allylic oxidation sites excluding steroid dienone is 2. The van der Waals surface area contributed by atoms with E-state index in [2.05, 4.69) is 77.6 Å². The lowest BCUT2D eigenvalue weighted by Gasteiger charge is -2.33. The molecule has 0 N–H and O–H groups in total. The lowest BCUT2D eigenvalue weighted by atomic mass is 9.99. The van der Waals surface area contributed by atoms with Crippen LogP contribution >= 0.6 is 0 Å². The van der Waals surface area contributed by atoms with Gasteiger partial charge in [-0.15, -0.1) is 0 Å².